The van der Waals surface area contributed by atoms with Gasteiger partial charge in [-0.3, -0.25) is 9.10 Å². The van der Waals surface area contributed by atoms with Crippen LogP contribution in [0.15, 0.2) is 95.9 Å². The molecule has 0 fully saturated rings. The topological polar surface area (TPSA) is 90.0 Å². The molecule has 0 unspecified atom stereocenters. The third kappa shape index (κ3) is 4.88. The predicted octanol–water partition coefficient (Wildman–Crippen LogP) is 4.71. The molecule has 7 nitrogen and oxygen atoms in total. The summed E-state index contributed by atoms with van der Waals surface area (Å²) in [6.07, 6.45) is 0. The van der Waals surface area contributed by atoms with E-state index in [0.29, 0.717) is 17.0 Å². The minimum absolute atomic E-state index is 0.00529. The summed E-state index contributed by atoms with van der Waals surface area (Å²) in [6, 6.07) is 24.9. The standard InChI is InChI=1S/C27H23NO6S/c1-28(24-12-5-6-13-26(24)33-2)35(31,32)21-16-14-20(15-17-21)27(30)34-18-25(29)23-11-7-9-19-8-3-4-10-22(19)23/h3-17H,18H2,1-2H3. The van der Waals surface area contributed by atoms with Gasteiger partial charge in [-0.25, -0.2) is 13.2 Å². The van der Waals surface area contributed by atoms with Gasteiger partial charge in [0.15, 0.2) is 6.61 Å². The van der Waals surface area contributed by atoms with Gasteiger partial charge in [0.05, 0.1) is 23.3 Å². The van der Waals surface area contributed by atoms with E-state index in [0.717, 1.165) is 15.1 Å². The van der Waals surface area contributed by atoms with E-state index in [9.17, 15) is 18.0 Å². The van der Waals surface area contributed by atoms with Crippen LogP contribution in [0.2, 0.25) is 0 Å². The highest BCUT2D eigenvalue weighted by Crippen LogP contribution is 2.31. The molecule has 0 saturated heterocycles. The Hall–Kier alpha value is -4.17. The highest BCUT2D eigenvalue weighted by molar-refractivity contribution is 7.92. The lowest BCUT2D eigenvalue weighted by Crippen LogP contribution is -2.27. The van der Waals surface area contributed by atoms with E-state index in [1.807, 2.05) is 30.3 Å². The van der Waals surface area contributed by atoms with Gasteiger partial charge in [-0.2, -0.15) is 0 Å². The van der Waals surface area contributed by atoms with Crippen LogP contribution in [-0.2, 0) is 14.8 Å². The Morgan fingerprint density at radius 3 is 2.23 bits per heavy atom. The van der Waals surface area contributed by atoms with E-state index >= 15 is 0 Å². The lowest BCUT2D eigenvalue weighted by Gasteiger charge is -2.21. The first-order chi connectivity index (χ1) is 16.8. The number of ether oxygens (including phenoxy) is 2. The molecular weight excluding hydrogens is 466 g/mol. The SMILES string of the molecule is COc1ccccc1N(C)S(=O)(=O)c1ccc(C(=O)OCC(=O)c2cccc3ccccc23)cc1. The Bertz CT molecular complexity index is 1490. The molecule has 0 aliphatic carbocycles. The molecule has 8 heteroatoms. The van der Waals surface area contributed by atoms with E-state index in [2.05, 4.69) is 0 Å². The van der Waals surface area contributed by atoms with Crippen LogP contribution in [0.5, 0.6) is 5.75 Å². The summed E-state index contributed by atoms with van der Waals surface area (Å²) >= 11 is 0. The number of nitrogens with zero attached hydrogens (tertiary/aromatic N) is 1. The molecule has 178 valence electrons. The molecule has 0 radical (unpaired) electrons. The van der Waals surface area contributed by atoms with E-state index < -0.39 is 22.6 Å². The van der Waals surface area contributed by atoms with Gasteiger partial charge in [0.1, 0.15) is 5.75 Å². The summed E-state index contributed by atoms with van der Waals surface area (Å²) in [4.78, 5) is 25.2. The van der Waals surface area contributed by atoms with E-state index in [1.54, 1.807) is 36.4 Å². The first-order valence-corrected chi connectivity index (χ1v) is 12.2. The number of esters is 1. The summed E-state index contributed by atoms with van der Waals surface area (Å²) in [5.74, 6) is -0.636. The Balaban J connectivity index is 1.46. The number of rotatable bonds is 8. The van der Waals surface area contributed by atoms with Gasteiger partial charge in [0.2, 0.25) is 5.78 Å². The number of benzene rings is 4. The van der Waals surface area contributed by atoms with Crippen LogP contribution in [0.3, 0.4) is 0 Å². The van der Waals surface area contributed by atoms with Crippen LogP contribution in [0, 0.1) is 0 Å². The van der Waals surface area contributed by atoms with Gasteiger partial charge in [0, 0.05) is 12.6 Å². The smallest absolute Gasteiger partial charge is 0.338 e. The second-order valence-electron chi connectivity index (χ2n) is 7.69. The third-order valence-corrected chi connectivity index (χ3v) is 7.38. The number of carbonyl (C=O) groups is 2. The molecule has 0 atom stereocenters. The quantitative estimate of drug-likeness (QED) is 0.263. The Morgan fingerprint density at radius 2 is 1.49 bits per heavy atom. The number of para-hydroxylation sites is 2. The van der Waals surface area contributed by atoms with Crippen molar-refractivity contribution in [1.29, 1.82) is 0 Å². The summed E-state index contributed by atoms with van der Waals surface area (Å²) in [7, 11) is -1.01. The van der Waals surface area contributed by atoms with Gasteiger partial charge in [0.25, 0.3) is 10.0 Å². The van der Waals surface area contributed by atoms with Crippen LogP contribution >= 0.6 is 0 Å². The van der Waals surface area contributed by atoms with Crippen molar-refractivity contribution in [1.82, 2.24) is 0 Å². The number of hydrogen-bond donors (Lipinski definition) is 0. The van der Waals surface area contributed by atoms with Crippen LogP contribution in [0.4, 0.5) is 5.69 Å². The van der Waals surface area contributed by atoms with Crippen LogP contribution < -0.4 is 9.04 Å². The number of sulfonamides is 1. The van der Waals surface area contributed by atoms with Gasteiger partial charge in [-0.1, -0.05) is 54.6 Å². The highest BCUT2D eigenvalue weighted by atomic mass is 32.2. The second kappa shape index (κ2) is 9.99. The van der Waals surface area contributed by atoms with E-state index in [4.69, 9.17) is 9.47 Å². The molecule has 0 aromatic heterocycles. The summed E-state index contributed by atoms with van der Waals surface area (Å²) in [5.41, 5.74) is 0.983. The molecule has 4 aromatic rings. The number of hydrogen-bond acceptors (Lipinski definition) is 6. The molecule has 0 aliphatic rings. The number of fused-ring (bicyclic) bond motifs is 1. The first kappa shape index (κ1) is 24.0. The zero-order valence-electron chi connectivity index (χ0n) is 19.2. The third-order valence-electron chi connectivity index (χ3n) is 5.60. The maximum Gasteiger partial charge on any atom is 0.338 e. The van der Waals surface area contributed by atoms with Gasteiger partial charge >= 0.3 is 5.97 Å². The van der Waals surface area contributed by atoms with Crippen LogP contribution in [-0.4, -0.2) is 40.9 Å². The molecule has 4 aromatic carbocycles. The fourth-order valence-corrected chi connectivity index (χ4v) is 4.91. The van der Waals surface area contributed by atoms with Crippen molar-refractivity contribution < 1.29 is 27.5 Å². The second-order valence-corrected chi connectivity index (χ2v) is 9.66. The fourth-order valence-electron chi connectivity index (χ4n) is 3.70. The predicted molar refractivity (Wildman–Crippen MR) is 134 cm³/mol. The number of Topliss-reactive ketones (excluding diaryl/α,β-unsaturated/α-hetero) is 1. The normalized spacial score (nSPS) is 11.1. The maximum absolute atomic E-state index is 13.1. The Labute approximate surface area is 203 Å². The highest BCUT2D eigenvalue weighted by Gasteiger charge is 2.24. The van der Waals surface area contributed by atoms with Gasteiger partial charge in [-0.05, 0) is 47.2 Å². The van der Waals surface area contributed by atoms with Crippen molar-refractivity contribution in [3.8, 4) is 5.75 Å². The first-order valence-electron chi connectivity index (χ1n) is 10.7. The van der Waals surface area contributed by atoms with Crippen LogP contribution in [0.1, 0.15) is 20.7 Å². The van der Waals surface area contributed by atoms with Crippen molar-refractivity contribution in [3.63, 3.8) is 0 Å². The Kier molecular flexibility index (Phi) is 6.84. The molecule has 0 heterocycles. The molecule has 0 spiro atoms. The monoisotopic (exact) mass is 489 g/mol. The van der Waals surface area contributed by atoms with Crippen molar-refractivity contribution in [2.45, 2.75) is 4.90 Å². The van der Waals surface area contributed by atoms with Crippen molar-refractivity contribution in [3.05, 3.63) is 102 Å². The fraction of sp³-hybridized carbons (Fsp3) is 0.111. The molecule has 35 heavy (non-hydrogen) atoms. The average molecular weight is 490 g/mol. The molecule has 0 bridgehead atoms. The summed E-state index contributed by atoms with van der Waals surface area (Å²) in [5, 5.41) is 1.70. The number of methoxy groups -OCH3 is 1. The summed E-state index contributed by atoms with van der Waals surface area (Å²) in [6.45, 7) is -0.427. The molecule has 0 saturated carbocycles. The zero-order chi connectivity index (χ0) is 25.0. The number of anilines is 1. The lowest BCUT2D eigenvalue weighted by molar-refractivity contribution is 0.0475. The van der Waals surface area contributed by atoms with E-state index in [1.165, 1.54) is 38.4 Å². The average Bonchev–Trinajstić information content (AvgIpc) is 2.90. The number of ketones is 1. The minimum Gasteiger partial charge on any atom is -0.495 e. The lowest BCUT2D eigenvalue weighted by atomic mass is 10.0. The molecule has 0 N–H and O–H groups in total. The molecular formula is C27H23NO6S. The minimum atomic E-state index is -3.90. The molecule has 0 amide bonds. The van der Waals surface area contributed by atoms with Crippen molar-refractivity contribution in [2.24, 2.45) is 0 Å². The van der Waals surface area contributed by atoms with Crippen molar-refractivity contribution in [2.75, 3.05) is 25.1 Å². The zero-order valence-corrected chi connectivity index (χ0v) is 20.0. The maximum atomic E-state index is 13.1. The number of carbonyl (C=O) groups excluding carboxylic acids is 2. The Morgan fingerprint density at radius 1 is 0.829 bits per heavy atom. The molecule has 0 aliphatic heterocycles. The van der Waals surface area contributed by atoms with Gasteiger partial charge < -0.3 is 9.47 Å². The van der Waals surface area contributed by atoms with Gasteiger partial charge in [-0.15, -0.1) is 0 Å². The van der Waals surface area contributed by atoms with Crippen molar-refractivity contribution >= 4 is 38.2 Å². The van der Waals surface area contributed by atoms with Crippen LogP contribution in [0.25, 0.3) is 10.8 Å². The molecule has 4 rings (SSSR count). The largest absolute Gasteiger partial charge is 0.495 e. The van der Waals surface area contributed by atoms with E-state index in [-0.39, 0.29) is 16.2 Å². The summed E-state index contributed by atoms with van der Waals surface area (Å²) < 4.78 is 37.7.